The summed E-state index contributed by atoms with van der Waals surface area (Å²) in [7, 11) is 0. The van der Waals surface area contributed by atoms with Crippen molar-refractivity contribution in [3.05, 3.63) is 35.4 Å². The minimum Gasteiger partial charge on any atom is -0.329 e. The van der Waals surface area contributed by atoms with E-state index in [1.807, 2.05) is 6.92 Å². The van der Waals surface area contributed by atoms with Gasteiger partial charge in [0.25, 0.3) is 0 Å². The minimum absolute atomic E-state index is 0.0740. The lowest BCUT2D eigenvalue weighted by molar-refractivity contribution is 0.166. The molecule has 2 N–H and O–H groups in total. The number of likely N-dealkylation sites (N-methyl/N-ethyl adjacent to an activating group) is 1. The molecule has 17 heavy (non-hydrogen) atoms. The second-order valence-electron chi connectivity index (χ2n) is 4.35. The Morgan fingerprint density at radius 2 is 1.88 bits per heavy atom. The van der Waals surface area contributed by atoms with E-state index in [2.05, 4.69) is 18.7 Å². The summed E-state index contributed by atoms with van der Waals surface area (Å²) in [6.45, 7) is 7.36. The third-order valence-corrected chi connectivity index (χ3v) is 2.98. The molecule has 4 heteroatoms. The normalized spacial score (nSPS) is 13.4. The van der Waals surface area contributed by atoms with Gasteiger partial charge in [0.15, 0.2) is 11.6 Å². The van der Waals surface area contributed by atoms with Crippen LogP contribution in [0.15, 0.2) is 18.2 Å². The highest BCUT2D eigenvalue weighted by Gasteiger charge is 2.21. The van der Waals surface area contributed by atoms with Gasteiger partial charge in [-0.3, -0.25) is 4.90 Å². The van der Waals surface area contributed by atoms with E-state index >= 15 is 0 Å². The maximum absolute atomic E-state index is 13.2. The highest BCUT2D eigenvalue weighted by molar-refractivity contribution is 5.22. The molecule has 0 aliphatic carbocycles. The van der Waals surface area contributed by atoms with Crippen molar-refractivity contribution in [2.45, 2.75) is 32.9 Å². The third kappa shape index (κ3) is 3.23. The van der Waals surface area contributed by atoms with Crippen LogP contribution in [0.25, 0.3) is 0 Å². The smallest absolute Gasteiger partial charge is 0.159 e. The predicted octanol–water partition coefficient (Wildman–Crippen LogP) is 2.69. The zero-order valence-electron chi connectivity index (χ0n) is 10.6. The van der Waals surface area contributed by atoms with Gasteiger partial charge in [-0.25, -0.2) is 8.78 Å². The van der Waals surface area contributed by atoms with Gasteiger partial charge in [-0.1, -0.05) is 13.0 Å². The van der Waals surface area contributed by atoms with Gasteiger partial charge in [0.1, 0.15) is 0 Å². The van der Waals surface area contributed by atoms with Crippen LogP contribution in [0.1, 0.15) is 32.4 Å². The van der Waals surface area contributed by atoms with Crippen LogP contribution in [-0.4, -0.2) is 24.0 Å². The molecule has 1 rings (SSSR count). The number of hydrogen-bond donors (Lipinski definition) is 1. The fraction of sp³-hybridized carbons (Fsp3) is 0.538. The molecule has 2 nitrogen and oxygen atoms in total. The van der Waals surface area contributed by atoms with Crippen molar-refractivity contribution in [3.63, 3.8) is 0 Å². The minimum atomic E-state index is -0.822. The van der Waals surface area contributed by atoms with Crippen LogP contribution in [-0.2, 0) is 0 Å². The van der Waals surface area contributed by atoms with Crippen LogP contribution < -0.4 is 5.73 Å². The molecule has 1 atom stereocenters. The van der Waals surface area contributed by atoms with E-state index in [0.29, 0.717) is 12.6 Å². The second kappa shape index (κ2) is 6.07. The summed E-state index contributed by atoms with van der Waals surface area (Å²) in [5, 5.41) is 0. The zero-order valence-corrected chi connectivity index (χ0v) is 10.6. The summed E-state index contributed by atoms with van der Waals surface area (Å²) in [6.07, 6.45) is 0. The fourth-order valence-electron chi connectivity index (χ4n) is 2.13. The van der Waals surface area contributed by atoms with Gasteiger partial charge >= 0.3 is 0 Å². The van der Waals surface area contributed by atoms with Gasteiger partial charge in [0.2, 0.25) is 0 Å². The Balaban J connectivity index is 3.03. The summed E-state index contributed by atoms with van der Waals surface area (Å²) in [4.78, 5) is 2.16. The van der Waals surface area contributed by atoms with E-state index in [1.165, 1.54) is 6.07 Å². The Bertz CT molecular complexity index is 366. The second-order valence-corrected chi connectivity index (χ2v) is 4.35. The number of nitrogens with two attached hydrogens (primary N) is 1. The van der Waals surface area contributed by atoms with Gasteiger partial charge in [0, 0.05) is 18.6 Å². The molecule has 0 saturated carbocycles. The summed E-state index contributed by atoms with van der Waals surface area (Å²) < 4.78 is 26.1. The van der Waals surface area contributed by atoms with Gasteiger partial charge in [-0.15, -0.1) is 0 Å². The van der Waals surface area contributed by atoms with Gasteiger partial charge in [-0.2, -0.15) is 0 Å². The number of rotatable bonds is 5. The summed E-state index contributed by atoms with van der Waals surface area (Å²) >= 11 is 0. The quantitative estimate of drug-likeness (QED) is 0.860. The highest BCUT2D eigenvalue weighted by atomic mass is 19.2. The maximum atomic E-state index is 13.2. The molecular formula is C13H20F2N2. The van der Waals surface area contributed by atoms with Gasteiger partial charge in [-0.05, 0) is 38.1 Å². The summed E-state index contributed by atoms with van der Waals surface area (Å²) in [5.41, 5.74) is 6.47. The van der Waals surface area contributed by atoms with Gasteiger partial charge < -0.3 is 5.73 Å². The number of halogens is 2. The predicted molar refractivity (Wildman–Crippen MR) is 65.7 cm³/mol. The molecule has 96 valence electrons. The molecule has 1 aromatic carbocycles. The first-order chi connectivity index (χ1) is 8.01. The Morgan fingerprint density at radius 3 is 2.29 bits per heavy atom. The van der Waals surface area contributed by atoms with E-state index in [4.69, 9.17) is 5.73 Å². The molecular weight excluding hydrogens is 222 g/mol. The Kier molecular flexibility index (Phi) is 5.02. The first kappa shape index (κ1) is 14.1. The molecule has 0 aliphatic heterocycles. The van der Waals surface area contributed by atoms with Crippen LogP contribution in [0.4, 0.5) is 8.78 Å². The van der Waals surface area contributed by atoms with Crippen molar-refractivity contribution in [2.75, 3.05) is 13.1 Å². The molecule has 1 unspecified atom stereocenters. The molecule has 0 spiro atoms. The Labute approximate surface area is 101 Å². The molecule has 0 heterocycles. The fourth-order valence-corrected chi connectivity index (χ4v) is 2.13. The molecule has 0 fully saturated rings. The molecule has 0 aromatic heterocycles. The van der Waals surface area contributed by atoms with Crippen molar-refractivity contribution in [1.82, 2.24) is 4.90 Å². The molecule has 0 amide bonds. The van der Waals surface area contributed by atoms with Crippen LogP contribution in [0, 0.1) is 11.6 Å². The average molecular weight is 242 g/mol. The lowest BCUT2D eigenvalue weighted by Crippen LogP contribution is -2.38. The molecule has 0 radical (unpaired) electrons. The van der Waals surface area contributed by atoms with Crippen molar-refractivity contribution in [1.29, 1.82) is 0 Å². The number of hydrogen-bond acceptors (Lipinski definition) is 2. The first-order valence-corrected chi connectivity index (χ1v) is 5.92. The topological polar surface area (TPSA) is 29.3 Å². The van der Waals surface area contributed by atoms with E-state index in [9.17, 15) is 8.78 Å². The van der Waals surface area contributed by atoms with E-state index in [-0.39, 0.29) is 6.04 Å². The lowest BCUT2D eigenvalue weighted by Gasteiger charge is -2.33. The monoisotopic (exact) mass is 242 g/mol. The standard InChI is InChI=1S/C13H20F2N2/c1-4-17(9(2)3)13(8-16)10-5-6-11(14)12(15)7-10/h5-7,9,13H,4,8,16H2,1-3H3. The molecule has 0 aliphatic rings. The van der Waals surface area contributed by atoms with Crippen molar-refractivity contribution in [2.24, 2.45) is 5.73 Å². The third-order valence-electron chi connectivity index (χ3n) is 2.98. The zero-order chi connectivity index (χ0) is 13.0. The van der Waals surface area contributed by atoms with Crippen LogP contribution in [0.2, 0.25) is 0 Å². The van der Waals surface area contributed by atoms with Crippen LogP contribution >= 0.6 is 0 Å². The molecule has 0 bridgehead atoms. The van der Waals surface area contributed by atoms with Crippen LogP contribution in [0.5, 0.6) is 0 Å². The summed E-state index contributed by atoms with van der Waals surface area (Å²) in [6, 6.07) is 4.22. The van der Waals surface area contributed by atoms with E-state index in [0.717, 1.165) is 18.2 Å². The largest absolute Gasteiger partial charge is 0.329 e. The van der Waals surface area contributed by atoms with Crippen molar-refractivity contribution in [3.8, 4) is 0 Å². The SMILES string of the molecule is CCN(C(C)C)C(CN)c1ccc(F)c(F)c1. The lowest BCUT2D eigenvalue weighted by atomic mass is 10.0. The maximum Gasteiger partial charge on any atom is 0.159 e. The van der Waals surface area contributed by atoms with Crippen molar-refractivity contribution < 1.29 is 8.78 Å². The van der Waals surface area contributed by atoms with Gasteiger partial charge in [0.05, 0.1) is 0 Å². The number of benzene rings is 1. The van der Waals surface area contributed by atoms with Crippen LogP contribution in [0.3, 0.4) is 0 Å². The molecule has 0 saturated heterocycles. The Morgan fingerprint density at radius 1 is 1.24 bits per heavy atom. The van der Waals surface area contributed by atoms with Crippen molar-refractivity contribution >= 4 is 0 Å². The number of nitrogens with zero attached hydrogens (tertiary/aromatic N) is 1. The summed E-state index contributed by atoms with van der Waals surface area (Å²) in [5.74, 6) is -1.64. The first-order valence-electron chi connectivity index (χ1n) is 5.92. The molecule has 1 aromatic rings. The average Bonchev–Trinajstić information content (AvgIpc) is 2.29. The highest BCUT2D eigenvalue weighted by Crippen LogP contribution is 2.23. The van der Waals surface area contributed by atoms with E-state index < -0.39 is 11.6 Å². The Hall–Kier alpha value is -1.00. The van der Waals surface area contributed by atoms with E-state index in [1.54, 1.807) is 6.07 Å².